The quantitative estimate of drug-likeness (QED) is 0.0953. The standard InChI is InChI=1S/C63H61NO/c1-6-8-9-11-18-45-27-31-48(32-28-45)63(49-33-37-53(38-34-49)65-43-46-25-29-47(30-26-46)44(3)7-2)59-24-17-15-22-55(59)57-40-36-52(42-61(57)63)64(50-19-12-10-13-20-50)51-35-39-56-54-21-14-16-23-58(54)62(4,5)60(56)41-51/h10,12-17,19-42,44H,6-9,11,18,43H2,1-5H3. The van der Waals surface area contributed by atoms with Gasteiger partial charge in [-0.1, -0.05) is 193 Å². The molecular formula is C63H61NO. The highest BCUT2D eigenvalue weighted by Gasteiger charge is 2.46. The smallest absolute Gasteiger partial charge is 0.119 e. The second kappa shape index (κ2) is 17.7. The van der Waals surface area contributed by atoms with Crippen molar-refractivity contribution in [3.8, 4) is 28.0 Å². The van der Waals surface area contributed by atoms with Crippen molar-refractivity contribution >= 4 is 17.1 Å². The molecule has 0 N–H and O–H groups in total. The van der Waals surface area contributed by atoms with Crippen molar-refractivity contribution < 1.29 is 4.74 Å². The molecule has 0 spiro atoms. The summed E-state index contributed by atoms with van der Waals surface area (Å²) in [6, 6.07) is 70.7. The largest absolute Gasteiger partial charge is 0.489 e. The van der Waals surface area contributed by atoms with Crippen LogP contribution in [0.15, 0.2) is 188 Å². The SMILES string of the molecule is CCCCCCc1ccc(C2(c3ccc(OCc4ccc(C(C)CC)cc4)cc3)c3ccccc3-c3ccc(N(c4ccccc4)c4ccc5c(c4)C(C)(C)c4ccccc4-5)cc32)cc1. The van der Waals surface area contributed by atoms with Crippen LogP contribution in [0.25, 0.3) is 22.3 Å². The molecule has 2 aliphatic carbocycles. The maximum atomic E-state index is 6.49. The van der Waals surface area contributed by atoms with Crippen LogP contribution in [-0.2, 0) is 23.9 Å². The summed E-state index contributed by atoms with van der Waals surface area (Å²) >= 11 is 0. The van der Waals surface area contributed by atoms with Crippen LogP contribution in [-0.4, -0.2) is 0 Å². The van der Waals surface area contributed by atoms with Crippen LogP contribution >= 0.6 is 0 Å². The Balaban J connectivity index is 1.10. The highest BCUT2D eigenvalue weighted by Crippen LogP contribution is 2.58. The zero-order valence-corrected chi connectivity index (χ0v) is 38.8. The first-order chi connectivity index (χ1) is 31.8. The number of fused-ring (bicyclic) bond motifs is 6. The van der Waals surface area contributed by atoms with E-state index in [9.17, 15) is 0 Å². The van der Waals surface area contributed by atoms with Gasteiger partial charge in [0.25, 0.3) is 0 Å². The summed E-state index contributed by atoms with van der Waals surface area (Å²) in [4.78, 5) is 2.46. The predicted octanol–water partition coefficient (Wildman–Crippen LogP) is 17.0. The molecule has 10 rings (SSSR count). The maximum absolute atomic E-state index is 6.49. The summed E-state index contributed by atoms with van der Waals surface area (Å²) in [5, 5.41) is 0. The second-order valence-electron chi connectivity index (χ2n) is 19.0. The van der Waals surface area contributed by atoms with Gasteiger partial charge in [-0.05, 0) is 146 Å². The van der Waals surface area contributed by atoms with Gasteiger partial charge in [-0.2, -0.15) is 0 Å². The number of unbranched alkanes of at least 4 members (excludes halogenated alkanes) is 3. The fourth-order valence-electron chi connectivity index (χ4n) is 10.9. The van der Waals surface area contributed by atoms with Crippen LogP contribution in [0.4, 0.5) is 17.1 Å². The monoisotopic (exact) mass is 847 g/mol. The van der Waals surface area contributed by atoms with Crippen LogP contribution in [0.2, 0.25) is 0 Å². The number of rotatable bonds is 15. The molecule has 2 atom stereocenters. The molecule has 0 aromatic heterocycles. The second-order valence-corrected chi connectivity index (χ2v) is 19.0. The highest BCUT2D eigenvalue weighted by atomic mass is 16.5. The Kier molecular flexibility index (Phi) is 11.5. The Labute approximate surface area is 387 Å². The average Bonchev–Trinajstić information content (AvgIpc) is 3.78. The van der Waals surface area contributed by atoms with Gasteiger partial charge >= 0.3 is 0 Å². The van der Waals surface area contributed by atoms with Crippen molar-refractivity contribution in [1.82, 2.24) is 0 Å². The van der Waals surface area contributed by atoms with Crippen LogP contribution in [0.3, 0.4) is 0 Å². The van der Waals surface area contributed by atoms with E-state index in [0.29, 0.717) is 12.5 Å². The van der Waals surface area contributed by atoms with Crippen molar-refractivity contribution in [3.63, 3.8) is 0 Å². The Hall–Kier alpha value is -6.64. The van der Waals surface area contributed by atoms with Gasteiger partial charge in [-0.25, -0.2) is 0 Å². The molecule has 324 valence electrons. The van der Waals surface area contributed by atoms with E-state index in [-0.39, 0.29) is 5.41 Å². The first-order valence-electron chi connectivity index (χ1n) is 24.1. The first-order valence-corrected chi connectivity index (χ1v) is 24.1. The summed E-state index contributed by atoms with van der Waals surface area (Å²) < 4.78 is 6.49. The van der Waals surface area contributed by atoms with Crippen molar-refractivity contribution in [2.24, 2.45) is 0 Å². The van der Waals surface area contributed by atoms with Gasteiger partial charge in [0.15, 0.2) is 0 Å². The molecule has 65 heavy (non-hydrogen) atoms. The van der Waals surface area contributed by atoms with E-state index in [1.807, 2.05) is 0 Å². The van der Waals surface area contributed by atoms with E-state index in [1.54, 1.807) is 0 Å². The Morgan fingerprint density at radius 2 is 1.03 bits per heavy atom. The van der Waals surface area contributed by atoms with Gasteiger partial charge in [-0.15, -0.1) is 0 Å². The molecule has 2 aliphatic rings. The Morgan fingerprint density at radius 3 is 1.69 bits per heavy atom. The molecule has 0 saturated heterocycles. The van der Waals surface area contributed by atoms with E-state index in [4.69, 9.17) is 4.74 Å². The number of ether oxygens (including phenoxy) is 1. The van der Waals surface area contributed by atoms with Gasteiger partial charge in [-0.3, -0.25) is 0 Å². The number of benzene rings is 8. The Bertz CT molecular complexity index is 2930. The molecule has 0 radical (unpaired) electrons. The molecular weight excluding hydrogens is 787 g/mol. The van der Waals surface area contributed by atoms with Gasteiger partial charge < -0.3 is 9.64 Å². The topological polar surface area (TPSA) is 12.5 Å². The van der Waals surface area contributed by atoms with E-state index < -0.39 is 5.41 Å². The minimum absolute atomic E-state index is 0.116. The number of anilines is 3. The molecule has 2 nitrogen and oxygen atoms in total. The fraction of sp³-hybridized carbons (Fsp3) is 0.238. The zero-order chi connectivity index (χ0) is 44.5. The van der Waals surface area contributed by atoms with Crippen molar-refractivity contribution in [2.45, 2.75) is 96.5 Å². The highest BCUT2D eigenvalue weighted by molar-refractivity contribution is 5.90. The minimum atomic E-state index is -0.572. The van der Waals surface area contributed by atoms with Gasteiger partial charge in [0.05, 0.1) is 5.41 Å². The zero-order valence-electron chi connectivity index (χ0n) is 38.8. The summed E-state index contributed by atoms with van der Waals surface area (Å²) in [5.74, 6) is 1.43. The van der Waals surface area contributed by atoms with Crippen LogP contribution in [0.1, 0.15) is 123 Å². The van der Waals surface area contributed by atoms with Gasteiger partial charge in [0, 0.05) is 22.5 Å². The first kappa shape index (κ1) is 42.3. The Morgan fingerprint density at radius 1 is 0.477 bits per heavy atom. The van der Waals surface area contributed by atoms with Crippen LogP contribution < -0.4 is 9.64 Å². The molecule has 0 heterocycles. The molecule has 0 fully saturated rings. The molecule has 0 bridgehead atoms. The lowest BCUT2D eigenvalue weighted by atomic mass is 9.67. The van der Waals surface area contributed by atoms with Crippen molar-refractivity contribution in [2.75, 3.05) is 4.90 Å². The van der Waals surface area contributed by atoms with Gasteiger partial charge in [0.2, 0.25) is 0 Å². The number of hydrogen-bond acceptors (Lipinski definition) is 2. The van der Waals surface area contributed by atoms with E-state index in [1.165, 1.54) is 98.0 Å². The summed E-state index contributed by atoms with van der Waals surface area (Å²) in [7, 11) is 0. The number of para-hydroxylation sites is 1. The van der Waals surface area contributed by atoms with E-state index >= 15 is 0 Å². The van der Waals surface area contributed by atoms with Crippen molar-refractivity contribution in [1.29, 1.82) is 0 Å². The third-order valence-corrected chi connectivity index (χ3v) is 14.7. The molecule has 0 saturated carbocycles. The molecule has 0 amide bonds. The summed E-state index contributed by atoms with van der Waals surface area (Å²) in [5.41, 5.74) is 19.7. The third kappa shape index (κ3) is 7.57. The van der Waals surface area contributed by atoms with Crippen molar-refractivity contribution in [3.05, 3.63) is 238 Å². The minimum Gasteiger partial charge on any atom is -0.489 e. The lowest BCUT2D eigenvalue weighted by molar-refractivity contribution is 0.306. The third-order valence-electron chi connectivity index (χ3n) is 14.7. The van der Waals surface area contributed by atoms with E-state index in [0.717, 1.165) is 35.7 Å². The average molecular weight is 848 g/mol. The number of nitrogens with zero attached hydrogens (tertiary/aromatic N) is 1. The molecule has 2 heteroatoms. The normalized spacial score (nSPS) is 15.7. The maximum Gasteiger partial charge on any atom is 0.119 e. The predicted molar refractivity (Wildman–Crippen MR) is 273 cm³/mol. The van der Waals surface area contributed by atoms with Crippen LogP contribution in [0, 0.1) is 0 Å². The fourth-order valence-corrected chi connectivity index (χ4v) is 10.9. The lowest BCUT2D eigenvalue weighted by Gasteiger charge is -2.35. The van der Waals surface area contributed by atoms with E-state index in [2.05, 4.69) is 228 Å². The molecule has 8 aromatic carbocycles. The lowest BCUT2D eigenvalue weighted by Crippen LogP contribution is -2.29. The molecule has 2 unspecified atom stereocenters. The summed E-state index contributed by atoms with van der Waals surface area (Å²) in [6.07, 6.45) is 7.27. The summed E-state index contributed by atoms with van der Waals surface area (Å²) in [6.45, 7) is 12.1. The number of hydrogen-bond donors (Lipinski definition) is 0. The number of aryl methyl sites for hydroxylation is 1. The molecule has 0 aliphatic heterocycles. The van der Waals surface area contributed by atoms with Crippen LogP contribution in [0.5, 0.6) is 5.75 Å². The van der Waals surface area contributed by atoms with Gasteiger partial charge in [0.1, 0.15) is 12.4 Å². The molecule has 8 aromatic rings.